The Morgan fingerprint density at radius 1 is 0.871 bits per heavy atom. The molecule has 0 atom stereocenters. The highest BCUT2D eigenvalue weighted by atomic mass is 32.1. The molecule has 1 amide bonds. The fourth-order valence-electron chi connectivity index (χ4n) is 2.69. The molecule has 0 aromatic heterocycles. The number of rotatable bonds is 9. The molecule has 0 aliphatic rings. The topological polar surface area (TPSA) is 68.8 Å². The summed E-state index contributed by atoms with van der Waals surface area (Å²) in [4.78, 5) is 12.4. The van der Waals surface area contributed by atoms with E-state index in [9.17, 15) is 4.79 Å². The molecule has 0 bridgehead atoms. The van der Waals surface area contributed by atoms with E-state index in [-0.39, 0.29) is 11.0 Å². The van der Waals surface area contributed by atoms with E-state index in [4.69, 9.17) is 26.4 Å². The Hall–Kier alpha value is -3.42. The summed E-state index contributed by atoms with van der Waals surface area (Å²) >= 11 is 5.27. The van der Waals surface area contributed by atoms with E-state index in [1.54, 1.807) is 31.4 Å². The zero-order chi connectivity index (χ0) is 21.9. The Labute approximate surface area is 187 Å². The van der Waals surface area contributed by atoms with E-state index in [0.717, 1.165) is 11.3 Å². The van der Waals surface area contributed by atoms with E-state index in [2.05, 4.69) is 10.6 Å². The van der Waals surface area contributed by atoms with Gasteiger partial charge in [-0.25, -0.2) is 0 Å². The van der Waals surface area contributed by atoms with Gasteiger partial charge in [-0.05, 0) is 54.2 Å². The Morgan fingerprint density at radius 3 is 2.39 bits per heavy atom. The van der Waals surface area contributed by atoms with Crippen LogP contribution in [-0.4, -0.2) is 31.3 Å². The third kappa shape index (κ3) is 7.40. The maximum Gasteiger partial charge on any atom is 0.257 e. The van der Waals surface area contributed by atoms with Crippen molar-refractivity contribution in [1.82, 2.24) is 5.32 Å². The third-order valence-electron chi connectivity index (χ3n) is 4.24. The predicted molar refractivity (Wildman–Crippen MR) is 125 cm³/mol. The summed E-state index contributed by atoms with van der Waals surface area (Å²) in [5, 5.41) is 5.88. The van der Waals surface area contributed by atoms with Crippen molar-refractivity contribution in [2.45, 2.75) is 6.61 Å². The van der Waals surface area contributed by atoms with Crippen LogP contribution in [0.1, 0.15) is 15.9 Å². The predicted octanol–water partition coefficient (Wildman–Crippen LogP) is 4.42. The lowest BCUT2D eigenvalue weighted by atomic mass is 10.2. The highest BCUT2D eigenvalue weighted by Crippen LogP contribution is 2.19. The van der Waals surface area contributed by atoms with Crippen molar-refractivity contribution in [3.8, 4) is 11.5 Å². The number of hydrogen-bond acceptors (Lipinski definition) is 5. The molecular formula is C24H24N2O4S. The number of ether oxygens (including phenoxy) is 3. The first-order valence-electron chi connectivity index (χ1n) is 9.75. The summed E-state index contributed by atoms with van der Waals surface area (Å²) in [5.41, 5.74) is 2.28. The number of nitrogens with one attached hydrogen (secondary N) is 2. The van der Waals surface area contributed by atoms with Gasteiger partial charge in [0.1, 0.15) is 24.7 Å². The molecule has 0 fully saturated rings. The van der Waals surface area contributed by atoms with Crippen LogP contribution in [0, 0.1) is 0 Å². The first-order chi connectivity index (χ1) is 15.1. The van der Waals surface area contributed by atoms with Crippen molar-refractivity contribution in [3.63, 3.8) is 0 Å². The van der Waals surface area contributed by atoms with Gasteiger partial charge < -0.3 is 19.5 Å². The molecule has 3 rings (SSSR count). The van der Waals surface area contributed by atoms with E-state index >= 15 is 0 Å². The highest BCUT2D eigenvalue weighted by molar-refractivity contribution is 7.80. The van der Waals surface area contributed by atoms with E-state index in [1.807, 2.05) is 54.6 Å². The smallest absolute Gasteiger partial charge is 0.257 e. The first-order valence-corrected chi connectivity index (χ1v) is 10.2. The van der Waals surface area contributed by atoms with Gasteiger partial charge in [-0.1, -0.05) is 36.4 Å². The summed E-state index contributed by atoms with van der Waals surface area (Å²) < 4.78 is 16.3. The number of benzene rings is 3. The lowest BCUT2D eigenvalue weighted by Crippen LogP contribution is -2.34. The fourth-order valence-corrected chi connectivity index (χ4v) is 2.90. The minimum absolute atomic E-state index is 0.200. The van der Waals surface area contributed by atoms with Crippen LogP contribution in [0.5, 0.6) is 11.5 Å². The van der Waals surface area contributed by atoms with Crippen molar-refractivity contribution >= 4 is 28.9 Å². The van der Waals surface area contributed by atoms with Crippen LogP contribution >= 0.6 is 12.2 Å². The number of carbonyl (C=O) groups is 1. The van der Waals surface area contributed by atoms with Crippen LogP contribution in [0.15, 0.2) is 78.9 Å². The Kier molecular flexibility index (Phi) is 8.39. The minimum Gasteiger partial charge on any atom is -0.491 e. The quantitative estimate of drug-likeness (QED) is 0.382. The second kappa shape index (κ2) is 11.7. The molecule has 0 spiro atoms. The maximum absolute atomic E-state index is 12.4. The SMILES string of the molecule is COCCOc1ccc(C(=O)NC(=S)Nc2cccc(OCc3ccccc3)c2)cc1. The summed E-state index contributed by atoms with van der Waals surface area (Å²) in [6, 6.07) is 24.1. The van der Waals surface area contributed by atoms with Crippen molar-refractivity contribution in [2.75, 3.05) is 25.6 Å². The van der Waals surface area contributed by atoms with Crippen LogP contribution in [0.2, 0.25) is 0 Å². The van der Waals surface area contributed by atoms with Gasteiger partial charge in [-0.2, -0.15) is 0 Å². The second-order valence-corrected chi connectivity index (χ2v) is 6.98. The number of hydrogen-bond donors (Lipinski definition) is 2. The standard InChI is InChI=1S/C24H24N2O4S/c1-28-14-15-29-21-12-10-19(11-13-21)23(27)26-24(31)25-20-8-5-9-22(16-20)30-17-18-6-3-2-4-7-18/h2-13,16H,14-15,17H2,1H3,(H2,25,26,27,31). The maximum atomic E-state index is 12.4. The molecule has 0 heterocycles. The van der Waals surface area contributed by atoms with Crippen molar-refractivity contribution < 1.29 is 19.0 Å². The van der Waals surface area contributed by atoms with E-state index in [1.165, 1.54) is 0 Å². The number of thiocarbonyl (C=S) groups is 1. The molecule has 0 unspecified atom stereocenters. The van der Waals surface area contributed by atoms with Crippen LogP contribution in [-0.2, 0) is 11.3 Å². The minimum atomic E-state index is -0.308. The van der Waals surface area contributed by atoms with Crippen LogP contribution in [0.4, 0.5) is 5.69 Å². The zero-order valence-electron chi connectivity index (χ0n) is 17.2. The summed E-state index contributed by atoms with van der Waals surface area (Å²) in [6.45, 7) is 1.42. The summed E-state index contributed by atoms with van der Waals surface area (Å²) in [6.07, 6.45) is 0. The molecule has 31 heavy (non-hydrogen) atoms. The normalized spacial score (nSPS) is 10.2. The number of methoxy groups -OCH3 is 1. The largest absolute Gasteiger partial charge is 0.491 e. The van der Waals surface area contributed by atoms with Gasteiger partial charge in [0.15, 0.2) is 5.11 Å². The number of amides is 1. The fraction of sp³-hybridized carbons (Fsp3) is 0.167. The van der Waals surface area contributed by atoms with Gasteiger partial charge >= 0.3 is 0 Å². The molecular weight excluding hydrogens is 412 g/mol. The molecule has 0 saturated heterocycles. The Balaban J connectivity index is 1.50. The molecule has 0 aliphatic carbocycles. The first kappa shape index (κ1) is 22.3. The average Bonchev–Trinajstić information content (AvgIpc) is 2.79. The molecule has 0 saturated carbocycles. The Bertz CT molecular complexity index is 994. The molecule has 3 aromatic carbocycles. The van der Waals surface area contributed by atoms with Gasteiger partial charge in [0.25, 0.3) is 5.91 Å². The Morgan fingerprint density at radius 2 is 1.65 bits per heavy atom. The zero-order valence-corrected chi connectivity index (χ0v) is 18.0. The van der Waals surface area contributed by atoms with Crippen molar-refractivity contribution in [1.29, 1.82) is 0 Å². The van der Waals surface area contributed by atoms with Gasteiger partial charge in [0.05, 0.1) is 6.61 Å². The molecule has 3 aromatic rings. The lowest BCUT2D eigenvalue weighted by Gasteiger charge is -2.12. The van der Waals surface area contributed by atoms with Crippen molar-refractivity contribution in [2.24, 2.45) is 0 Å². The average molecular weight is 437 g/mol. The summed E-state index contributed by atoms with van der Waals surface area (Å²) in [5.74, 6) is 1.06. The molecule has 0 radical (unpaired) electrons. The van der Waals surface area contributed by atoms with E-state index < -0.39 is 0 Å². The molecule has 2 N–H and O–H groups in total. The molecule has 6 nitrogen and oxygen atoms in total. The van der Waals surface area contributed by atoms with Gasteiger partial charge in [-0.3, -0.25) is 10.1 Å². The van der Waals surface area contributed by atoms with Crippen LogP contribution in [0.25, 0.3) is 0 Å². The van der Waals surface area contributed by atoms with Crippen LogP contribution in [0.3, 0.4) is 0 Å². The highest BCUT2D eigenvalue weighted by Gasteiger charge is 2.09. The monoisotopic (exact) mass is 436 g/mol. The van der Waals surface area contributed by atoms with E-state index in [0.29, 0.717) is 36.9 Å². The molecule has 7 heteroatoms. The number of anilines is 1. The van der Waals surface area contributed by atoms with Crippen LogP contribution < -0.4 is 20.1 Å². The molecule has 0 aliphatic heterocycles. The summed E-state index contributed by atoms with van der Waals surface area (Å²) in [7, 11) is 1.61. The van der Waals surface area contributed by atoms with Gasteiger partial charge in [0.2, 0.25) is 0 Å². The van der Waals surface area contributed by atoms with Gasteiger partial charge in [0, 0.05) is 24.4 Å². The third-order valence-corrected chi connectivity index (χ3v) is 4.44. The van der Waals surface area contributed by atoms with Crippen molar-refractivity contribution in [3.05, 3.63) is 90.0 Å². The molecule has 160 valence electrons. The van der Waals surface area contributed by atoms with Gasteiger partial charge in [-0.15, -0.1) is 0 Å². The number of carbonyl (C=O) groups excluding carboxylic acids is 1. The second-order valence-electron chi connectivity index (χ2n) is 6.58. The lowest BCUT2D eigenvalue weighted by molar-refractivity contribution is 0.0977.